The molecule has 1 aliphatic carbocycles. The van der Waals surface area contributed by atoms with Crippen LogP contribution in [0.15, 0.2) is 22.7 Å². The molecule has 1 fully saturated rings. The van der Waals surface area contributed by atoms with Crippen LogP contribution in [-0.2, 0) is 0 Å². The number of carbonyl (C=O) groups excluding carboxylic acids is 1. The van der Waals surface area contributed by atoms with E-state index in [1.807, 2.05) is 0 Å². The van der Waals surface area contributed by atoms with E-state index in [9.17, 15) is 9.90 Å². The van der Waals surface area contributed by atoms with Crippen LogP contribution >= 0.6 is 31.9 Å². The number of carbonyl (C=O) groups is 1. The van der Waals surface area contributed by atoms with Gasteiger partial charge >= 0.3 is 0 Å². The largest absolute Gasteiger partial charge is 0.507 e. The zero-order valence-electron chi connectivity index (χ0n) is 9.83. The fourth-order valence-corrected chi connectivity index (χ4v) is 3.38. The van der Waals surface area contributed by atoms with Gasteiger partial charge in [0.2, 0.25) is 0 Å². The molecule has 1 saturated carbocycles. The number of hydrogen-bond acceptors (Lipinski definition) is 2. The molecule has 1 aromatic rings. The Morgan fingerprint density at radius 2 is 2.22 bits per heavy atom. The Morgan fingerprint density at radius 3 is 2.89 bits per heavy atom. The van der Waals surface area contributed by atoms with Crippen molar-refractivity contribution in [3.63, 3.8) is 0 Å². The number of hydrogen-bond donors (Lipinski definition) is 2. The Balaban J connectivity index is 1.93. The molecule has 0 aromatic heterocycles. The lowest BCUT2D eigenvalue weighted by molar-refractivity contribution is 0.0944. The Hall–Kier alpha value is -0.550. The third-order valence-electron chi connectivity index (χ3n) is 3.23. The van der Waals surface area contributed by atoms with Crippen LogP contribution in [0.1, 0.15) is 29.6 Å². The van der Waals surface area contributed by atoms with Crippen molar-refractivity contribution in [2.24, 2.45) is 5.92 Å². The summed E-state index contributed by atoms with van der Waals surface area (Å²) in [7, 11) is 0. The number of nitrogens with one attached hydrogen (secondary N) is 1. The predicted octanol–water partition coefficient (Wildman–Crippen LogP) is 3.45. The van der Waals surface area contributed by atoms with Gasteiger partial charge in [-0.15, -0.1) is 0 Å². The molecule has 0 saturated heterocycles. The highest BCUT2D eigenvalue weighted by molar-refractivity contribution is 9.10. The first-order valence-corrected chi connectivity index (χ1v) is 7.68. The molecule has 0 aliphatic heterocycles. The standard InChI is InChI=1S/C13H15Br2NO2/c14-9-2-1-8(5-9)7-16-13(18)11-6-10(15)3-4-12(11)17/h3-4,6,8-9,17H,1-2,5,7H2,(H,16,18). The van der Waals surface area contributed by atoms with Gasteiger partial charge < -0.3 is 10.4 Å². The van der Waals surface area contributed by atoms with E-state index in [-0.39, 0.29) is 11.7 Å². The van der Waals surface area contributed by atoms with Crippen LogP contribution < -0.4 is 5.32 Å². The molecule has 0 spiro atoms. The quantitative estimate of drug-likeness (QED) is 0.793. The highest BCUT2D eigenvalue weighted by Gasteiger charge is 2.23. The lowest BCUT2D eigenvalue weighted by Crippen LogP contribution is -2.28. The molecule has 0 radical (unpaired) electrons. The number of halogens is 2. The van der Waals surface area contributed by atoms with Crippen LogP contribution in [0.4, 0.5) is 0 Å². The second-order valence-corrected chi connectivity index (χ2v) is 6.86. The maximum absolute atomic E-state index is 12.0. The van der Waals surface area contributed by atoms with Gasteiger partial charge in [0.15, 0.2) is 0 Å². The molecule has 18 heavy (non-hydrogen) atoms. The summed E-state index contributed by atoms with van der Waals surface area (Å²) in [5.74, 6) is 0.333. The van der Waals surface area contributed by atoms with E-state index in [0.29, 0.717) is 22.9 Å². The van der Waals surface area contributed by atoms with E-state index in [4.69, 9.17) is 0 Å². The first-order valence-electron chi connectivity index (χ1n) is 5.97. The Morgan fingerprint density at radius 1 is 1.44 bits per heavy atom. The maximum atomic E-state index is 12.0. The number of aromatic hydroxyl groups is 1. The number of alkyl halides is 1. The molecular formula is C13H15Br2NO2. The Labute approximate surface area is 123 Å². The molecule has 1 amide bonds. The molecule has 2 unspecified atom stereocenters. The van der Waals surface area contributed by atoms with Gasteiger partial charge in [0, 0.05) is 15.8 Å². The minimum atomic E-state index is -0.216. The number of phenolic OH excluding ortho intramolecular Hbond substituents is 1. The van der Waals surface area contributed by atoms with Crippen molar-refractivity contribution < 1.29 is 9.90 Å². The van der Waals surface area contributed by atoms with Gasteiger partial charge in [-0.3, -0.25) is 4.79 Å². The first-order chi connectivity index (χ1) is 8.56. The van der Waals surface area contributed by atoms with E-state index in [1.54, 1.807) is 12.1 Å². The molecule has 0 heterocycles. The molecular weight excluding hydrogens is 362 g/mol. The molecule has 1 aliphatic rings. The van der Waals surface area contributed by atoms with Crippen molar-refractivity contribution in [1.29, 1.82) is 0 Å². The van der Waals surface area contributed by atoms with Crippen molar-refractivity contribution in [2.45, 2.75) is 24.1 Å². The van der Waals surface area contributed by atoms with Gasteiger partial charge in [-0.25, -0.2) is 0 Å². The summed E-state index contributed by atoms with van der Waals surface area (Å²) >= 11 is 6.89. The molecule has 2 rings (SSSR count). The minimum absolute atomic E-state index is 0.0143. The maximum Gasteiger partial charge on any atom is 0.255 e. The zero-order chi connectivity index (χ0) is 13.1. The van der Waals surface area contributed by atoms with Crippen molar-refractivity contribution in [3.8, 4) is 5.75 Å². The van der Waals surface area contributed by atoms with E-state index in [0.717, 1.165) is 17.3 Å². The lowest BCUT2D eigenvalue weighted by atomic mass is 10.1. The van der Waals surface area contributed by atoms with Crippen molar-refractivity contribution in [2.75, 3.05) is 6.54 Å². The average Bonchev–Trinajstić information content (AvgIpc) is 2.75. The van der Waals surface area contributed by atoms with Crippen LogP contribution in [-0.4, -0.2) is 22.4 Å². The predicted molar refractivity (Wildman–Crippen MR) is 78.2 cm³/mol. The van der Waals surface area contributed by atoms with Crippen molar-refractivity contribution in [3.05, 3.63) is 28.2 Å². The van der Waals surface area contributed by atoms with E-state index >= 15 is 0 Å². The van der Waals surface area contributed by atoms with Gasteiger partial charge in [0.05, 0.1) is 5.56 Å². The Kier molecular flexibility index (Phi) is 4.67. The fraction of sp³-hybridized carbons (Fsp3) is 0.462. The van der Waals surface area contributed by atoms with Gasteiger partial charge in [0.1, 0.15) is 5.75 Å². The average molecular weight is 377 g/mol. The topological polar surface area (TPSA) is 49.3 Å². The van der Waals surface area contributed by atoms with Crippen molar-refractivity contribution in [1.82, 2.24) is 5.32 Å². The summed E-state index contributed by atoms with van der Waals surface area (Å²) in [6.07, 6.45) is 3.41. The summed E-state index contributed by atoms with van der Waals surface area (Å²) in [4.78, 5) is 12.5. The van der Waals surface area contributed by atoms with Crippen LogP contribution in [0, 0.1) is 5.92 Å². The summed E-state index contributed by atoms with van der Waals surface area (Å²) in [6.45, 7) is 0.673. The number of rotatable bonds is 3. The van der Waals surface area contributed by atoms with Crippen LogP contribution in [0.2, 0.25) is 0 Å². The first kappa shape index (κ1) is 13.9. The molecule has 2 atom stereocenters. The number of benzene rings is 1. The summed E-state index contributed by atoms with van der Waals surface area (Å²) in [6, 6.07) is 4.86. The molecule has 2 N–H and O–H groups in total. The highest BCUT2D eigenvalue weighted by Crippen LogP contribution is 2.30. The lowest BCUT2D eigenvalue weighted by Gasteiger charge is -2.11. The Bertz CT molecular complexity index is 451. The molecule has 1 aromatic carbocycles. The third-order valence-corrected chi connectivity index (χ3v) is 4.56. The van der Waals surface area contributed by atoms with Gasteiger partial charge in [-0.1, -0.05) is 31.9 Å². The molecule has 98 valence electrons. The van der Waals surface area contributed by atoms with E-state index < -0.39 is 0 Å². The van der Waals surface area contributed by atoms with Crippen LogP contribution in [0.3, 0.4) is 0 Å². The highest BCUT2D eigenvalue weighted by atomic mass is 79.9. The number of phenols is 1. The zero-order valence-corrected chi connectivity index (χ0v) is 13.0. The van der Waals surface area contributed by atoms with Gasteiger partial charge in [0.25, 0.3) is 5.91 Å². The summed E-state index contributed by atoms with van der Waals surface area (Å²) in [5, 5.41) is 12.5. The molecule has 5 heteroatoms. The third kappa shape index (κ3) is 3.48. The van der Waals surface area contributed by atoms with E-state index in [1.165, 1.54) is 12.5 Å². The number of amides is 1. The van der Waals surface area contributed by atoms with Gasteiger partial charge in [-0.05, 0) is 43.4 Å². The smallest absolute Gasteiger partial charge is 0.255 e. The van der Waals surface area contributed by atoms with Crippen molar-refractivity contribution >= 4 is 37.8 Å². The molecule has 0 bridgehead atoms. The fourth-order valence-electron chi connectivity index (χ4n) is 2.22. The van der Waals surface area contributed by atoms with Crippen LogP contribution in [0.5, 0.6) is 5.75 Å². The second-order valence-electron chi connectivity index (χ2n) is 4.65. The second kappa shape index (κ2) is 6.06. The normalized spacial score (nSPS) is 23.0. The summed E-state index contributed by atoms with van der Waals surface area (Å²) in [5.41, 5.74) is 0.317. The van der Waals surface area contributed by atoms with E-state index in [2.05, 4.69) is 37.2 Å². The minimum Gasteiger partial charge on any atom is -0.507 e. The van der Waals surface area contributed by atoms with Crippen LogP contribution in [0.25, 0.3) is 0 Å². The SMILES string of the molecule is O=C(NCC1CCC(Br)C1)c1cc(Br)ccc1O. The molecule has 3 nitrogen and oxygen atoms in total. The monoisotopic (exact) mass is 375 g/mol. The summed E-state index contributed by atoms with van der Waals surface area (Å²) < 4.78 is 0.784. The van der Waals surface area contributed by atoms with Gasteiger partial charge in [-0.2, -0.15) is 0 Å².